The second kappa shape index (κ2) is 3.83. The highest BCUT2D eigenvalue weighted by atomic mass is 16.2. The summed E-state index contributed by atoms with van der Waals surface area (Å²) in [6, 6.07) is 2.03. The van der Waals surface area contributed by atoms with Crippen LogP contribution in [0.4, 0.5) is 0 Å². The van der Waals surface area contributed by atoms with Crippen LogP contribution in [0.3, 0.4) is 0 Å². The third kappa shape index (κ3) is 2.14. The summed E-state index contributed by atoms with van der Waals surface area (Å²) >= 11 is 0. The van der Waals surface area contributed by atoms with E-state index in [2.05, 4.69) is 6.58 Å². The van der Waals surface area contributed by atoms with E-state index in [4.69, 9.17) is 5.26 Å². The monoisotopic (exact) mass is 192 g/mol. The second-order valence-electron chi connectivity index (χ2n) is 4.32. The fourth-order valence-corrected chi connectivity index (χ4v) is 1.56. The number of rotatable bonds is 1. The van der Waals surface area contributed by atoms with Gasteiger partial charge in [0.25, 0.3) is 0 Å². The van der Waals surface area contributed by atoms with Crippen LogP contribution < -0.4 is 0 Å². The van der Waals surface area contributed by atoms with Crippen molar-refractivity contribution in [1.82, 2.24) is 4.90 Å². The third-order valence-corrected chi connectivity index (χ3v) is 2.47. The minimum atomic E-state index is -0.905. The standard InChI is InChI=1S/C11H16N2O/c1-9-5-4-6-13(7-9)10(14)11(2,3)8-12/h1,4-7H2,2-3H3. The lowest BCUT2D eigenvalue weighted by Crippen LogP contribution is -2.43. The molecule has 1 aliphatic heterocycles. The van der Waals surface area contributed by atoms with E-state index in [1.54, 1.807) is 18.7 Å². The van der Waals surface area contributed by atoms with E-state index in [-0.39, 0.29) is 5.91 Å². The van der Waals surface area contributed by atoms with Gasteiger partial charge in [-0.1, -0.05) is 12.2 Å². The molecule has 3 heteroatoms. The van der Waals surface area contributed by atoms with Gasteiger partial charge in [-0.25, -0.2) is 0 Å². The fraction of sp³-hybridized carbons (Fsp3) is 0.636. The molecule has 1 heterocycles. The summed E-state index contributed by atoms with van der Waals surface area (Å²) in [5, 5.41) is 8.84. The Morgan fingerprint density at radius 2 is 2.29 bits per heavy atom. The van der Waals surface area contributed by atoms with Crippen LogP contribution in [0.1, 0.15) is 26.7 Å². The molecule has 1 amide bonds. The van der Waals surface area contributed by atoms with E-state index in [9.17, 15) is 4.79 Å². The topological polar surface area (TPSA) is 44.1 Å². The molecule has 14 heavy (non-hydrogen) atoms. The van der Waals surface area contributed by atoms with Crippen molar-refractivity contribution < 1.29 is 4.79 Å². The highest BCUT2D eigenvalue weighted by Crippen LogP contribution is 2.22. The van der Waals surface area contributed by atoms with Gasteiger partial charge >= 0.3 is 0 Å². The van der Waals surface area contributed by atoms with E-state index < -0.39 is 5.41 Å². The quantitative estimate of drug-likeness (QED) is 0.594. The zero-order valence-corrected chi connectivity index (χ0v) is 8.84. The van der Waals surface area contributed by atoms with Gasteiger partial charge in [0, 0.05) is 13.1 Å². The van der Waals surface area contributed by atoms with Crippen molar-refractivity contribution in [2.45, 2.75) is 26.7 Å². The Morgan fingerprint density at radius 1 is 1.64 bits per heavy atom. The smallest absolute Gasteiger partial charge is 0.242 e. The summed E-state index contributed by atoms with van der Waals surface area (Å²) in [5.41, 5.74) is 0.177. The number of carbonyl (C=O) groups is 1. The highest BCUT2D eigenvalue weighted by molar-refractivity contribution is 5.84. The van der Waals surface area contributed by atoms with Crippen LogP contribution in [0.2, 0.25) is 0 Å². The maximum absolute atomic E-state index is 11.9. The number of nitriles is 1. The first-order chi connectivity index (χ1) is 6.47. The molecule has 0 unspecified atom stereocenters. The number of amides is 1. The van der Waals surface area contributed by atoms with Gasteiger partial charge < -0.3 is 4.90 Å². The zero-order valence-electron chi connectivity index (χ0n) is 8.84. The van der Waals surface area contributed by atoms with Gasteiger partial charge in [0.1, 0.15) is 5.41 Å². The summed E-state index contributed by atoms with van der Waals surface area (Å²) in [7, 11) is 0. The predicted molar refractivity (Wildman–Crippen MR) is 54.3 cm³/mol. The Morgan fingerprint density at radius 3 is 2.79 bits per heavy atom. The number of likely N-dealkylation sites (tertiary alicyclic amines) is 1. The lowest BCUT2D eigenvalue weighted by atomic mass is 9.92. The maximum atomic E-state index is 11.9. The molecule has 1 saturated heterocycles. The molecular weight excluding hydrogens is 176 g/mol. The first-order valence-electron chi connectivity index (χ1n) is 4.84. The average Bonchev–Trinajstić information content (AvgIpc) is 2.16. The molecule has 76 valence electrons. The summed E-state index contributed by atoms with van der Waals surface area (Å²) in [6.07, 6.45) is 1.96. The van der Waals surface area contributed by atoms with Crippen LogP contribution in [0, 0.1) is 16.7 Å². The maximum Gasteiger partial charge on any atom is 0.242 e. The molecule has 0 radical (unpaired) electrons. The van der Waals surface area contributed by atoms with Crippen LogP contribution in [0.5, 0.6) is 0 Å². The van der Waals surface area contributed by atoms with Gasteiger partial charge in [-0.3, -0.25) is 4.79 Å². The molecule has 0 atom stereocenters. The molecule has 0 aromatic rings. The molecule has 0 saturated carbocycles. The largest absolute Gasteiger partial charge is 0.337 e. The van der Waals surface area contributed by atoms with Crippen LogP contribution in [-0.4, -0.2) is 23.9 Å². The molecule has 0 aliphatic carbocycles. The summed E-state index contributed by atoms with van der Waals surface area (Å²) in [4.78, 5) is 13.6. The summed E-state index contributed by atoms with van der Waals surface area (Å²) in [5.74, 6) is -0.0825. The summed E-state index contributed by atoms with van der Waals surface area (Å²) < 4.78 is 0. The number of hydrogen-bond donors (Lipinski definition) is 0. The molecule has 3 nitrogen and oxygen atoms in total. The van der Waals surface area contributed by atoms with Gasteiger partial charge in [-0.2, -0.15) is 5.26 Å². The van der Waals surface area contributed by atoms with E-state index in [1.807, 2.05) is 6.07 Å². The van der Waals surface area contributed by atoms with Crippen molar-refractivity contribution in [1.29, 1.82) is 5.26 Å². The van der Waals surface area contributed by atoms with Gasteiger partial charge in [0.2, 0.25) is 5.91 Å². The van der Waals surface area contributed by atoms with Gasteiger partial charge in [-0.15, -0.1) is 0 Å². The predicted octanol–water partition coefficient (Wildman–Crippen LogP) is 1.71. The zero-order chi connectivity index (χ0) is 10.8. The van der Waals surface area contributed by atoms with Crippen molar-refractivity contribution in [2.75, 3.05) is 13.1 Å². The lowest BCUT2D eigenvalue weighted by molar-refractivity contribution is -0.137. The van der Waals surface area contributed by atoms with Crippen molar-refractivity contribution in [3.05, 3.63) is 12.2 Å². The number of carbonyl (C=O) groups excluding carboxylic acids is 1. The van der Waals surface area contributed by atoms with Crippen LogP contribution >= 0.6 is 0 Å². The van der Waals surface area contributed by atoms with Crippen molar-refractivity contribution in [3.8, 4) is 6.07 Å². The van der Waals surface area contributed by atoms with Crippen molar-refractivity contribution >= 4 is 5.91 Å². The van der Waals surface area contributed by atoms with Gasteiger partial charge in [0.05, 0.1) is 6.07 Å². The minimum Gasteiger partial charge on any atom is -0.337 e. The molecule has 0 aromatic heterocycles. The minimum absolute atomic E-state index is 0.0825. The van der Waals surface area contributed by atoms with Crippen molar-refractivity contribution in [2.24, 2.45) is 5.41 Å². The normalized spacial score (nSPS) is 17.8. The Hall–Kier alpha value is -1.30. The van der Waals surface area contributed by atoms with Crippen LogP contribution in [-0.2, 0) is 4.79 Å². The van der Waals surface area contributed by atoms with Crippen molar-refractivity contribution in [3.63, 3.8) is 0 Å². The molecule has 1 fully saturated rings. The van der Waals surface area contributed by atoms with E-state index >= 15 is 0 Å². The Kier molecular flexibility index (Phi) is 2.95. The molecule has 0 spiro atoms. The third-order valence-electron chi connectivity index (χ3n) is 2.47. The van der Waals surface area contributed by atoms with Crippen LogP contribution in [0.25, 0.3) is 0 Å². The van der Waals surface area contributed by atoms with Gasteiger partial charge in [0.15, 0.2) is 0 Å². The molecular formula is C11H16N2O. The molecule has 1 rings (SSSR count). The molecule has 1 aliphatic rings. The lowest BCUT2D eigenvalue weighted by Gasteiger charge is -2.32. The Labute approximate surface area is 85.0 Å². The first kappa shape index (κ1) is 10.8. The van der Waals surface area contributed by atoms with E-state index in [0.717, 1.165) is 25.0 Å². The SMILES string of the molecule is C=C1CCCN(C(=O)C(C)(C)C#N)C1. The molecule has 0 N–H and O–H groups in total. The van der Waals surface area contributed by atoms with E-state index in [1.165, 1.54) is 0 Å². The van der Waals surface area contributed by atoms with Gasteiger partial charge in [-0.05, 0) is 26.7 Å². The fourth-order valence-electron chi connectivity index (χ4n) is 1.56. The number of nitrogens with zero attached hydrogens (tertiary/aromatic N) is 2. The Balaban J connectivity index is 2.70. The molecule has 0 aromatic carbocycles. The Bertz CT molecular complexity index is 299. The first-order valence-corrected chi connectivity index (χ1v) is 4.84. The average molecular weight is 192 g/mol. The number of piperidine rings is 1. The molecule has 0 bridgehead atoms. The summed E-state index contributed by atoms with van der Waals surface area (Å²) in [6.45, 7) is 8.56. The number of hydrogen-bond acceptors (Lipinski definition) is 2. The van der Waals surface area contributed by atoms with E-state index in [0.29, 0.717) is 6.54 Å². The van der Waals surface area contributed by atoms with Crippen LogP contribution in [0.15, 0.2) is 12.2 Å². The highest BCUT2D eigenvalue weighted by Gasteiger charge is 2.32. The second-order valence-corrected chi connectivity index (χ2v) is 4.32.